The highest BCUT2D eigenvalue weighted by Gasteiger charge is 2.28. The minimum atomic E-state index is 0.0288. The number of benzene rings is 1. The zero-order chi connectivity index (χ0) is 17.8. The van der Waals surface area contributed by atoms with Crippen LogP contribution in [0.3, 0.4) is 0 Å². The van der Waals surface area contributed by atoms with E-state index < -0.39 is 0 Å². The van der Waals surface area contributed by atoms with Gasteiger partial charge in [0.25, 0.3) is 5.91 Å². The van der Waals surface area contributed by atoms with Crippen LogP contribution in [0.15, 0.2) is 34.9 Å². The van der Waals surface area contributed by atoms with Crippen LogP contribution in [0.1, 0.15) is 36.4 Å². The normalized spacial score (nSPS) is 15.8. The number of hydrogen-bond acceptors (Lipinski definition) is 4. The number of aromatic nitrogens is 1. The van der Waals surface area contributed by atoms with Crippen molar-refractivity contribution in [2.75, 3.05) is 32.7 Å². The molecule has 0 aliphatic carbocycles. The second-order valence-electron chi connectivity index (χ2n) is 7.14. The van der Waals surface area contributed by atoms with Gasteiger partial charge in [-0.1, -0.05) is 49.3 Å². The fourth-order valence-corrected chi connectivity index (χ4v) is 3.19. The second kappa shape index (κ2) is 7.83. The summed E-state index contributed by atoms with van der Waals surface area (Å²) in [6.07, 6.45) is 1.21. The van der Waals surface area contributed by atoms with Crippen molar-refractivity contribution in [1.82, 2.24) is 15.0 Å². The molecule has 1 aliphatic rings. The minimum absolute atomic E-state index is 0.0288. The molecule has 0 atom stereocenters. The summed E-state index contributed by atoms with van der Waals surface area (Å²) in [5.41, 5.74) is 2.16. The van der Waals surface area contributed by atoms with Crippen LogP contribution >= 0.6 is 0 Å². The summed E-state index contributed by atoms with van der Waals surface area (Å²) in [4.78, 5) is 17.4. The van der Waals surface area contributed by atoms with Gasteiger partial charge in [-0.15, -0.1) is 0 Å². The Kier molecular flexibility index (Phi) is 5.53. The lowest BCUT2D eigenvalue weighted by Gasteiger charge is -2.35. The van der Waals surface area contributed by atoms with Crippen molar-refractivity contribution in [2.24, 2.45) is 5.92 Å². The van der Waals surface area contributed by atoms with E-state index in [-0.39, 0.29) is 5.91 Å². The van der Waals surface area contributed by atoms with Crippen LogP contribution < -0.4 is 0 Å². The van der Waals surface area contributed by atoms with Crippen LogP contribution in [-0.4, -0.2) is 53.6 Å². The third-order valence-electron chi connectivity index (χ3n) is 4.81. The van der Waals surface area contributed by atoms with Crippen molar-refractivity contribution in [3.05, 3.63) is 41.7 Å². The molecule has 134 valence electrons. The van der Waals surface area contributed by atoms with E-state index >= 15 is 0 Å². The molecule has 2 aromatic rings. The van der Waals surface area contributed by atoms with Crippen LogP contribution in [0, 0.1) is 12.8 Å². The Bertz CT molecular complexity index is 701. The molecule has 0 saturated carbocycles. The average Bonchev–Trinajstić information content (AvgIpc) is 3.02. The van der Waals surface area contributed by atoms with E-state index in [0.717, 1.165) is 38.3 Å². The summed E-state index contributed by atoms with van der Waals surface area (Å²) in [6.45, 7) is 10.8. The first kappa shape index (κ1) is 17.7. The van der Waals surface area contributed by atoms with Crippen LogP contribution in [0.25, 0.3) is 11.3 Å². The first-order valence-electron chi connectivity index (χ1n) is 9.09. The van der Waals surface area contributed by atoms with Crippen LogP contribution in [0.4, 0.5) is 0 Å². The van der Waals surface area contributed by atoms with Crippen molar-refractivity contribution in [1.29, 1.82) is 0 Å². The first-order chi connectivity index (χ1) is 12.1. The summed E-state index contributed by atoms with van der Waals surface area (Å²) in [6, 6.07) is 9.76. The first-order valence-corrected chi connectivity index (χ1v) is 9.09. The van der Waals surface area contributed by atoms with E-state index in [9.17, 15) is 4.79 Å². The highest BCUT2D eigenvalue weighted by Crippen LogP contribution is 2.26. The number of carbonyl (C=O) groups excluding carboxylic acids is 1. The number of nitrogens with zero attached hydrogens (tertiary/aromatic N) is 3. The van der Waals surface area contributed by atoms with Crippen molar-refractivity contribution in [2.45, 2.75) is 27.2 Å². The minimum Gasteiger partial charge on any atom is -0.360 e. The smallest absolute Gasteiger partial charge is 0.259 e. The molecule has 0 spiro atoms. The zero-order valence-electron chi connectivity index (χ0n) is 15.4. The maximum Gasteiger partial charge on any atom is 0.259 e. The topological polar surface area (TPSA) is 49.6 Å². The molecule has 5 nitrogen and oxygen atoms in total. The summed E-state index contributed by atoms with van der Waals surface area (Å²) in [7, 11) is 0. The van der Waals surface area contributed by atoms with Gasteiger partial charge >= 0.3 is 0 Å². The van der Waals surface area contributed by atoms with Gasteiger partial charge in [0, 0.05) is 31.7 Å². The van der Waals surface area contributed by atoms with Gasteiger partial charge in [0.15, 0.2) is 0 Å². The number of rotatable bonds is 5. The molecule has 3 rings (SSSR count). The lowest BCUT2D eigenvalue weighted by Crippen LogP contribution is -2.49. The Balaban J connectivity index is 1.70. The molecule has 5 heteroatoms. The van der Waals surface area contributed by atoms with Gasteiger partial charge in [-0.05, 0) is 25.8 Å². The van der Waals surface area contributed by atoms with Crippen LogP contribution in [0.2, 0.25) is 0 Å². The fraction of sp³-hybridized carbons (Fsp3) is 0.500. The number of hydrogen-bond donors (Lipinski definition) is 0. The van der Waals surface area contributed by atoms with Gasteiger partial charge < -0.3 is 9.42 Å². The van der Waals surface area contributed by atoms with Gasteiger partial charge in [-0.25, -0.2) is 0 Å². The molecule has 0 unspecified atom stereocenters. The molecular formula is C20H27N3O2. The number of aryl methyl sites for hydroxylation is 1. The maximum atomic E-state index is 13.1. The predicted octanol–water partition coefficient (Wildman–Crippen LogP) is 3.45. The Labute approximate surface area is 149 Å². The largest absolute Gasteiger partial charge is 0.360 e. The highest BCUT2D eigenvalue weighted by atomic mass is 16.5. The Morgan fingerprint density at radius 2 is 1.84 bits per heavy atom. The molecule has 1 aromatic heterocycles. The van der Waals surface area contributed by atoms with Crippen molar-refractivity contribution in [3.63, 3.8) is 0 Å². The quantitative estimate of drug-likeness (QED) is 0.836. The van der Waals surface area contributed by atoms with E-state index in [1.807, 2.05) is 42.2 Å². The van der Waals surface area contributed by atoms with E-state index in [2.05, 4.69) is 23.9 Å². The second-order valence-corrected chi connectivity index (χ2v) is 7.14. The lowest BCUT2D eigenvalue weighted by atomic mass is 10.0. The highest BCUT2D eigenvalue weighted by molar-refractivity contribution is 6.00. The summed E-state index contributed by atoms with van der Waals surface area (Å²) >= 11 is 0. The zero-order valence-corrected chi connectivity index (χ0v) is 15.4. The molecule has 1 aromatic carbocycles. The molecule has 0 radical (unpaired) electrons. The molecule has 0 N–H and O–H groups in total. The number of carbonyl (C=O) groups is 1. The molecule has 2 heterocycles. The number of piperazine rings is 1. The average molecular weight is 341 g/mol. The third kappa shape index (κ3) is 4.10. The SMILES string of the molecule is Cc1onc(-c2ccccc2)c1C(=O)N1CCN(CCC(C)C)CC1. The molecule has 1 amide bonds. The molecule has 1 saturated heterocycles. The van der Waals surface area contributed by atoms with Gasteiger partial charge in [0.1, 0.15) is 17.0 Å². The van der Waals surface area contributed by atoms with Gasteiger partial charge in [-0.2, -0.15) is 0 Å². The Morgan fingerprint density at radius 3 is 2.48 bits per heavy atom. The van der Waals surface area contributed by atoms with Crippen molar-refractivity contribution < 1.29 is 9.32 Å². The lowest BCUT2D eigenvalue weighted by molar-refractivity contribution is 0.0631. The standard InChI is InChI=1S/C20H27N3O2/c1-15(2)9-10-22-11-13-23(14-12-22)20(24)18-16(3)25-21-19(18)17-7-5-4-6-8-17/h4-8,15H,9-14H2,1-3H3. The molecule has 1 aliphatic heterocycles. The summed E-state index contributed by atoms with van der Waals surface area (Å²) in [5.74, 6) is 1.33. The fourth-order valence-electron chi connectivity index (χ4n) is 3.19. The van der Waals surface area contributed by atoms with E-state index in [4.69, 9.17) is 4.52 Å². The van der Waals surface area contributed by atoms with Crippen molar-refractivity contribution in [3.8, 4) is 11.3 Å². The maximum absolute atomic E-state index is 13.1. The van der Waals surface area contributed by atoms with E-state index in [1.54, 1.807) is 0 Å². The molecule has 25 heavy (non-hydrogen) atoms. The van der Waals surface area contributed by atoms with Crippen LogP contribution in [-0.2, 0) is 0 Å². The van der Waals surface area contributed by atoms with Gasteiger partial charge in [-0.3, -0.25) is 9.69 Å². The van der Waals surface area contributed by atoms with E-state index in [0.29, 0.717) is 22.9 Å². The van der Waals surface area contributed by atoms with Gasteiger partial charge in [0.2, 0.25) is 0 Å². The molecule has 0 bridgehead atoms. The molecular weight excluding hydrogens is 314 g/mol. The predicted molar refractivity (Wildman–Crippen MR) is 98.5 cm³/mol. The number of amides is 1. The monoisotopic (exact) mass is 341 g/mol. The van der Waals surface area contributed by atoms with Gasteiger partial charge in [0.05, 0.1) is 0 Å². The van der Waals surface area contributed by atoms with Crippen LogP contribution in [0.5, 0.6) is 0 Å². The Morgan fingerprint density at radius 1 is 1.16 bits per heavy atom. The summed E-state index contributed by atoms with van der Waals surface area (Å²) in [5, 5.41) is 4.13. The molecule has 1 fully saturated rings. The third-order valence-corrected chi connectivity index (χ3v) is 4.81. The van der Waals surface area contributed by atoms with E-state index in [1.165, 1.54) is 6.42 Å². The van der Waals surface area contributed by atoms with Crippen molar-refractivity contribution >= 4 is 5.91 Å². The Hall–Kier alpha value is -2.14. The summed E-state index contributed by atoms with van der Waals surface area (Å²) < 4.78 is 5.34.